The second kappa shape index (κ2) is 6.30. The van der Waals surface area contributed by atoms with Gasteiger partial charge in [0.25, 0.3) is 5.91 Å². The Bertz CT molecular complexity index is 582. The fraction of sp³-hybridized carbons (Fsp3) is 0.0714. The van der Waals surface area contributed by atoms with Gasteiger partial charge in [-0.05, 0) is 29.8 Å². The summed E-state index contributed by atoms with van der Waals surface area (Å²) in [6.07, 6.45) is 4.86. The zero-order valence-electron chi connectivity index (χ0n) is 10.4. The number of pyridine rings is 1. The van der Waals surface area contributed by atoms with Crippen LogP contribution >= 0.6 is 0 Å². The van der Waals surface area contributed by atoms with Crippen molar-refractivity contribution in [2.24, 2.45) is 5.10 Å². The van der Waals surface area contributed by atoms with Gasteiger partial charge < -0.3 is 4.74 Å². The Morgan fingerprint density at radius 2 is 2.00 bits per heavy atom. The van der Waals surface area contributed by atoms with E-state index in [-0.39, 0.29) is 5.91 Å². The topological polar surface area (TPSA) is 63.6 Å². The molecule has 19 heavy (non-hydrogen) atoms. The van der Waals surface area contributed by atoms with Crippen molar-refractivity contribution in [2.45, 2.75) is 0 Å². The lowest BCUT2D eigenvalue weighted by atomic mass is 10.2. The highest BCUT2D eigenvalue weighted by molar-refractivity contribution is 5.97. The van der Waals surface area contributed by atoms with Crippen LogP contribution < -0.4 is 10.2 Å². The Morgan fingerprint density at radius 1 is 1.26 bits per heavy atom. The van der Waals surface area contributed by atoms with Crippen LogP contribution in [0.5, 0.6) is 5.75 Å². The third-order valence-electron chi connectivity index (χ3n) is 2.44. The first-order chi connectivity index (χ1) is 9.31. The highest BCUT2D eigenvalue weighted by atomic mass is 16.5. The van der Waals surface area contributed by atoms with Gasteiger partial charge in [0.05, 0.1) is 18.9 Å². The monoisotopic (exact) mass is 255 g/mol. The standard InChI is InChI=1S/C14H13N3O2/c1-19-13-5-3-2-4-12(13)14(18)17-16-10-11-6-8-15-9-7-11/h2-10H,1H3,(H,17,18)/b16-10+. The fourth-order valence-electron chi connectivity index (χ4n) is 1.51. The molecule has 0 aliphatic rings. The van der Waals surface area contributed by atoms with Gasteiger partial charge in [-0.25, -0.2) is 5.43 Å². The number of hydrogen-bond donors (Lipinski definition) is 1. The third-order valence-corrected chi connectivity index (χ3v) is 2.44. The summed E-state index contributed by atoms with van der Waals surface area (Å²) in [7, 11) is 1.52. The number of ether oxygens (including phenoxy) is 1. The Hall–Kier alpha value is -2.69. The molecule has 0 aliphatic heterocycles. The van der Waals surface area contributed by atoms with Gasteiger partial charge in [-0.3, -0.25) is 9.78 Å². The van der Waals surface area contributed by atoms with Crippen LogP contribution in [0.15, 0.2) is 53.9 Å². The van der Waals surface area contributed by atoms with Crippen LogP contribution in [0.3, 0.4) is 0 Å². The molecule has 2 rings (SSSR count). The van der Waals surface area contributed by atoms with Crippen molar-refractivity contribution >= 4 is 12.1 Å². The highest BCUT2D eigenvalue weighted by Gasteiger charge is 2.09. The molecule has 0 unspecified atom stereocenters. The van der Waals surface area contributed by atoms with E-state index in [0.717, 1.165) is 5.56 Å². The van der Waals surface area contributed by atoms with Gasteiger partial charge in [0.1, 0.15) is 5.75 Å². The number of hydrogen-bond acceptors (Lipinski definition) is 4. The fourth-order valence-corrected chi connectivity index (χ4v) is 1.51. The quantitative estimate of drug-likeness (QED) is 0.670. The molecule has 5 nitrogen and oxygen atoms in total. The maximum atomic E-state index is 11.9. The van der Waals surface area contributed by atoms with Crippen LogP contribution in [-0.4, -0.2) is 24.2 Å². The van der Waals surface area contributed by atoms with E-state index < -0.39 is 0 Å². The molecule has 0 atom stereocenters. The second-order valence-electron chi connectivity index (χ2n) is 3.68. The minimum absolute atomic E-state index is 0.317. The molecule has 0 radical (unpaired) electrons. The van der Waals surface area contributed by atoms with E-state index >= 15 is 0 Å². The van der Waals surface area contributed by atoms with E-state index in [9.17, 15) is 4.79 Å². The lowest BCUT2D eigenvalue weighted by molar-refractivity contribution is 0.0952. The number of methoxy groups -OCH3 is 1. The summed E-state index contributed by atoms with van der Waals surface area (Å²) in [5.41, 5.74) is 3.75. The van der Waals surface area contributed by atoms with Crippen molar-refractivity contribution in [1.82, 2.24) is 10.4 Å². The molecule has 0 saturated carbocycles. The van der Waals surface area contributed by atoms with Crippen LogP contribution in [0, 0.1) is 0 Å². The summed E-state index contributed by atoms with van der Waals surface area (Å²) in [6.45, 7) is 0. The highest BCUT2D eigenvalue weighted by Crippen LogP contribution is 2.16. The number of carbonyl (C=O) groups is 1. The molecule has 0 aliphatic carbocycles. The Labute approximate surface area is 110 Å². The lowest BCUT2D eigenvalue weighted by Gasteiger charge is -2.05. The third kappa shape index (κ3) is 3.38. The van der Waals surface area contributed by atoms with E-state index in [4.69, 9.17) is 4.74 Å². The zero-order valence-corrected chi connectivity index (χ0v) is 10.4. The van der Waals surface area contributed by atoms with E-state index in [1.807, 2.05) is 0 Å². The molecule has 1 N–H and O–H groups in total. The van der Waals surface area contributed by atoms with Crippen molar-refractivity contribution in [3.63, 3.8) is 0 Å². The Kier molecular flexibility index (Phi) is 4.23. The van der Waals surface area contributed by atoms with Gasteiger partial charge in [0.15, 0.2) is 0 Å². The molecule has 1 amide bonds. The average molecular weight is 255 g/mol. The number of hydrazone groups is 1. The number of amides is 1. The zero-order chi connectivity index (χ0) is 13.5. The Balaban J connectivity index is 2.04. The Morgan fingerprint density at radius 3 is 2.74 bits per heavy atom. The number of para-hydroxylation sites is 1. The predicted molar refractivity (Wildman–Crippen MR) is 72.3 cm³/mol. The summed E-state index contributed by atoms with van der Waals surface area (Å²) >= 11 is 0. The molecule has 1 aromatic heterocycles. The summed E-state index contributed by atoms with van der Waals surface area (Å²) < 4.78 is 5.11. The van der Waals surface area contributed by atoms with Crippen molar-refractivity contribution in [3.05, 3.63) is 59.9 Å². The van der Waals surface area contributed by atoms with Crippen molar-refractivity contribution < 1.29 is 9.53 Å². The van der Waals surface area contributed by atoms with Crippen LogP contribution in [0.4, 0.5) is 0 Å². The first kappa shape index (κ1) is 12.8. The number of aromatic nitrogens is 1. The second-order valence-corrected chi connectivity index (χ2v) is 3.68. The van der Waals surface area contributed by atoms with Gasteiger partial charge in [0, 0.05) is 12.4 Å². The minimum atomic E-state index is -0.317. The van der Waals surface area contributed by atoms with Gasteiger partial charge in [-0.2, -0.15) is 5.10 Å². The average Bonchev–Trinajstić information content (AvgIpc) is 2.48. The molecule has 96 valence electrons. The van der Waals surface area contributed by atoms with Crippen LogP contribution in [-0.2, 0) is 0 Å². The van der Waals surface area contributed by atoms with Crippen LogP contribution in [0.1, 0.15) is 15.9 Å². The molecule has 0 saturated heterocycles. The molecular weight excluding hydrogens is 242 g/mol. The molecule has 0 spiro atoms. The summed E-state index contributed by atoms with van der Waals surface area (Å²) in [4.78, 5) is 15.8. The number of rotatable bonds is 4. The smallest absolute Gasteiger partial charge is 0.275 e. The minimum Gasteiger partial charge on any atom is -0.496 e. The molecule has 0 bridgehead atoms. The summed E-state index contributed by atoms with van der Waals surface area (Å²) in [6, 6.07) is 10.6. The molecule has 2 aromatic rings. The van der Waals surface area contributed by atoms with Crippen LogP contribution in [0.25, 0.3) is 0 Å². The van der Waals surface area contributed by atoms with Gasteiger partial charge >= 0.3 is 0 Å². The molecule has 1 heterocycles. The SMILES string of the molecule is COc1ccccc1C(=O)N/N=C/c1ccncc1. The van der Waals surface area contributed by atoms with Gasteiger partial charge in [0.2, 0.25) is 0 Å². The lowest BCUT2D eigenvalue weighted by Crippen LogP contribution is -2.18. The summed E-state index contributed by atoms with van der Waals surface area (Å²) in [5.74, 6) is 0.196. The maximum Gasteiger partial charge on any atom is 0.275 e. The molecule has 5 heteroatoms. The van der Waals surface area contributed by atoms with E-state index in [1.54, 1.807) is 55.0 Å². The number of nitrogens with one attached hydrogen (secondary N) is 1. The van der Waals surface area contributed by atoms with Crippen molar-refractivity contribution in [2.75, 3.05) is 7.11 Å². The number of carbonyl (C=O) groups excluding carboxylic acids is 1. The van der Waals surface area contributed by atoms with Crippen LogP contribution in [0.2, 0.25) is 0 Å². The molecule has 0 fully saturated rings. The van der Waals surface area contributed by atoms with Crippen molar-refractivity contribution in [1.29, 1.82) is 0 Å². The largest absolute Gasteiger partial charge is 0.496 e. The van der Waals surface area contributed by atoms with Gasteiger partial charge in [-0.15, -0.1) is 0 Å². The summed E-state index contributed by atoms with van der Waals surface area (Å²) in [5, 5.41) is 3.89. The normalized spacial score (nSPS) is 10.4. The number of nitrogens with zero attached hydrogens (tertiary/aromatic N) is 2. The predicted octanol–water partition coefficient (Wildman–Crippen LogP) is 1.85. The number of benzene rings is 1. The first-order valence-corrected chi connectivity index (χ1v) is 5.67. The molecular formula is C14H13N3O2. The first-order valence-electron chi connectivity index (χ1n) is 5.67. The van der Waals surface area contributed by atoms with Gasteiger partial charge in [-0.1, -0.05) is 12.1 Å². The van der Waals surface area contributed by atoms with E-state index in [2.05, 4.69) is 15.5 Å². The van der Waals surface area contributed by atoms with E-state index in [1.165, 1.54) is 7.11 Å². The molecule has 1 aromatic carbocycles. The van der Waals surface area contributed by atoms with E-state index in [0.29, 0.717) is 11.3 Å². The maximum absolute atomic E-state index is 11.9. The van der Waals surface area contributed by atoms with Crippen molar-refractivity contribution in [3.8, 4) is 5.75 Å².